The molecule has 3 heteroatoms. The minimum atomic E-state index is 0.173. The third kappa shape index (κ3) is 4.87. The number of hydrogen-bond acceptors (Lipinski definition) is 3. The summed E-state index contributed by atoms with van der Waals surface area (Å²) in [7, 11) is 1.71. The Morgan fingerprint density at radius 3 is 2.58 bits per heavy atom. The summed E-state index contributed by atoms with van der Waals surface area (Å²) in [6.07, 6.45) is 6.96. The maximum atomic E-state index is 5.69. The molecule has 0 radical (unpaired) electrons. The molecule has 0 aliphatic carbocycles. The van der Waals surface area contributed by atoms with Crippen LogP contribution in [0.1, 0.15) is 29.2 Å². The molecule has 0 saturated heterocycles. The first-order valence-corrected chi connectivity index (χ1v) is 8.97. The monoisotopic (exact) mass is 347 g/mol. The predicted molar refractivity (Wildman–Crippen MR) is 107 cm³/mol. The van der Waals surface area contributed by atoms with Crippen LogP contribution in [0.2, 0.25) is 0 Å². The van der Waals surface area contributed by atoms with E-state index in [2.05, 4.69) is 35.7 Å². The van der Waals surface area contributed by atoms with Gasteiger partial charge in [0, 0.05) is 18.0 Å². The highest BCUT2D eigenvalue weighted by Gasteiger charge is 2.20. The van der Waals surface area contributed by atoms with Crippen LogP contribution < -0.4 is 10.1 Å². The third-order valence-corrected chi connectivity index (χ3v) is 4.38. The van der Waals surface area contributed by atoms with Crippen LogP contribution in [-0.2, 0) is 0 Å². The van der Waals surface area contributed by atoms with Crippen molar-refractivity contribution in [3.05, 3.63) is 96.0 Å². The van der Waals surface area contributed by atoms with E-state index in [4.69, 9.17) is 9.15 Å². The van der Waals surface area contributed by atoms with Crippen LogP contribution >= 0.6 is 0 Å². The lowest BCUT2D eigenvalue weighted by Crippen LogP contribution is -2.18. The fourth-order valence-corrected chi connectivity index (χ4v) is 3.09. The van der Waals surface area contributed by atoms with Crippen molar-refractivity contribution in [3.8, 4) is 5.75 Å². The molecular weight excluding hydrogens is 322 g/mol. The van der Waals surface area contributed by atoms with E-state index in [0.717, 1.165) is 36.6 Å². The van der Waals surface area contributed by atoms with Crippen molar-refractivity contribution in [2.75, 3.05) is 20.2 Å². The van der Waals surface area contributed by atoms with Crippen molar-refractivity contribution in [2.24, 2.45) is 0 Å². The lowest BCUT2D eigenvalue weighted by Gasteiger charge is -2.18. The van der Waals surface area contributed by atoms with Crippen molar-refractivity contribution >= 4 is 6.08 Å². The van der Waals surface area contributed by atoms with Crippen molar-refractivity contribution in [2.45, 2.75) is 12.3 Å². The van der Waals surface area contributed by atoms with Gasteiger partial charge in [-0.05, 0) is 36.7 Å². The van der Waals surface area contributed by atoms with Gasteiger partial charge in [-0.15, -0.1) is 0 Å². The van der Waals surface area contributed by atoms with Crippen LogP contribution in [0.3, 0.4) is 0 Å². The maximum Gasteiger partial charge on any atom is 0.122 e. The van der Waals surface area contributed by atoms with Gasteiger partial charge in [-0.1, -0.05) is 60.7 Å². The van der Waals surface area contributed by atoms with Crippen molar-refractivity contribution in [3.63, 3.8) is 0 Å². The highest BCUT2D eigenvalue weighted by Crippen LogP contribution is 2.34. The number of hydrogen-bond donors (Lipinski definition) is 1. The molecule has 134 valence electrons. The summed E-state index contributed by atoms with van der Waals surface area (Å²) in [5.41, 5.74) is 2.38. The molecule has 26 heavy (non-hydrogen) atoms. The van der Waals surface area contributed by atoms with Gasteiger partial charge in [-0.2, -0.15) is 0 Å². The summed E-state index contributed by atoms with van der Waals surface area (Å²) in [4.78, 5) is 0. The molecule has 0 saturated carbocycles. The van der Waals surface area contributed by atoms with E-state index >= 15 is 0 Å². The van der Waals surface area contributed by atoms with E-state index < -0.39 is 0 Å². The molecule has 3 rings (SSSR count). The standard InChI is InChI=1S/C23H25NO2/c1-25-22-13-6-5-12-20(22)21(23-14-8-18-26-23)15-17-24-16-7-11-19-9-3-2-4-10-19/h2-14,18,21,24H,15-17H2,1H3/b11-7+. The summed E-state index contributed by atoms with van der Waals surface area (Å²) in [6, 6.07) is 22.5. The van der Waals surface area contributed by atoms with Gasteiger partial charge < -0.3 is 14.5 Å². The zero-order valence-corrected chi connectivity index (χ0v) is 15.1. The summed E-state index contributed by atoms with van der Waals surface area (Å²) in [6.45, 7) is 1.73. The fourth-order valence-electron chi connectivity index (χ4n) is 3.09. The van der Waals surface area contributed by atoms with Gasteiger partial charge in [0.05, 0.1) is 13.4 Å². The minimum Gasteiger partial charge on any atom is -0.496 e. The maximum absolute atomic E-state index is 5.69. The molecule has 1 N–H and O–H groups in total. The summed E-state index contributed by atoms with van der Waals surface area (Å²) < 4.78 is 11.2. The van der Waals surface area contributed by atoms with E-state index in [1.807, 2.05) is 48.5 Å². The van der Waals surface area contributed by atoms with E-state index in [1.54, 1.807) is 13.4 Å². The molecular formula is C23H25NO2. The molecule has 1 unspecified atom stereocenters. The van der Waals surface area contributed by atoms with Crippen LogP contribution in [0.15, 0.2) is 83.5 Å². The Bertz CT molecular complexity index is 794. The molecule has 0 aliphatic heterocycles. The second-order valence-corrected chi connectivity index (χ2v) is 6.12. The highest BCUT2D eigenvalue weighted by molar-refractivity contribution is 5.48. The highest BCUT2D eigenvalue weighted by atomic mass is 16.5. The number of benzene rings is 2. The molecule has 1 heterocycles. The topological polar surface area (TPSA) is 34.4 Å². The van der Waals surface area contributed by atoms with Gasteiger partial charge in [0.2, 0.25) is 0 Å². The molecule has 0 amide bonds. The number of rotatable bonds is 9. The first-order chi connectivity index (χ1) is 12.9. The van der Waals surface area contributed by atoms with Gasteiger partial charge in [0.1, 0.15) is 11.5 Å². The Hall–Kier alpha value is -2.78. The zero-order chi connectivity index (χ0) is 18.0. The molecule has 0 bridgehead atoms. The summed E-state index contributed by atoms with van der Waals surface area (Å²) in [5.74, 6) is 2.04. The molecule has 3 aromatic rings. The molecule has 3 nitrogen and oxygen atoms in total. The second kappa shape index (κ2) is 9.64. The van der Waals surface area contributed by atoms with E-state index in [-0.39, 0.29) is 5.92 Å². The first kappa shape index (κ1) is 18.0. The first-order valence-electron chi connectivity index (χ1n) is 8.97. The normalized spacial score (nSPS) is 12.3. The average Bonchev–Trinajstić information content (AvgIpc) is 3.23. The van der Waals surface area contributed by atoms with E-state index in [1.165, 1.54) is 5.56 Å². The zero-order valence-electron chi connectivity index (χ0n) is 15.1. The van der Waals surface area contributed by atoms with Crippen molar-refractivity contribution in [1.82, 2.24) is 5.32 Å². The SMILES string of the molecule is COc1ccccc1C(CCNC/C=C/c1ccccc1)c1ccco1. The minimum absolute atomic E-state index is 0.173. The van der Waals surface area contributed by atoms with Crippen LogP contribution in [0.5, 0.6) is 5.75 Å². The summed E-state index contributed by atoms with van der Waals surface area (Å²) >= 11 is 0. The number of nitrogens with one attached hydrogen (secondary N) is 1. The Labute approximate surface area is 155 Å². The largest absolute Gasteiger partial charge is 0.496 e. The quantitative estimate of drug-likeness (QED) is 0.546. The molecule has 1 aromatic heterocycles. The van der Waals surface area contributed by atoms with Gasteiger partial charge >= 0.3 is 0 Å². The molecule has 1 atom stereocenters. The third-order valence-electron chi connectivity index (χ3n) is 4.38. The Kier molecular flexibility index (Phi) is 6.68. The average molecular weight is 347 g/mol. The number of ether oxygens (including phenoxy) is 1. The Balaban J connectivity index is 1.58. The Morgan fingerprint density at radius 2 is 1.81 bits per heavy atom. The second-order valence-electron chi connectivity index (χ2n) is 6.12. The van der Waals surface area contributed by atoms with Crippen molar-refractivity contribution < 1.29 is 9.15 Å². The van der Waals surface area contributed by atoms with Gasteiger partial charge in [-0.3, -0.25) is 0 Å². The summed E-state index contributed by atoms with van der Waals surface area (Å²) in [5, 5.41) is 3.49. The smallest absolute Gasteiger partial charge is 0.122 e. The predicted octanol–water partition coefficient (Wildman–Crippen LogP) is 5.11. The van der Waals surface area contributed by atoms with Crippen molar-refractivity contribution in [1.29, 1.82) is 0 Å². The van der Waals surface area contributed by atoms with Crippen LogP contribution in [-0.4, -0.2) is 20.2 Å². The lowest BCUT2D eigenvalue weighted by molar-refractivity contribution is 0.399. The van der Waals surface area contributed by atoms with Gasteiger partial charge in [0.15, 0.2) is 0 Å². The van der Waals surface area contributed by atoms with Crippen LogP contribution in [0.4, 0.5) is 0 Å². The molecule has 0 aliphatic rings. The molecule has 0 spiro atoms. The van der Waals surface area contributed by atoms with E-state index in [9.17, 15) is 0 Å². The van der Waals surface area contributed by atoms with Gasteiger partial charge in [-0.25, -0.2) is 0 Å². The van der Waals surface area contributed by atoms with Gasteiger partial charge in [0.25, 0.3) is 0 Å². The van der Waals surface area contributed by atoms with E-state index in [0.29, 0.717) is 0 Å². The lowest BCUT2D eigenvalue weighted by atomic mass is 9.92. The number of furan rings is 1. The number of para-hydroxylation sites is 1. The van der Waals surface area contributed by atoms with Crippen LogP contribution in [0, 0.1) is 0 Å². The Morgan fingerprint density at radius 1 is 1.00 bits per heavy atom. The molecule has 2 aromatic carbocycles. The fraction of sp³-hybridized carbons (Fsp3) is 0.217. The number of methoxy groups -OCH3 is 1. The van der Waals surface area contributed by atoms with Crippen LogP contribution in [0.25, 0.3) is 6.08 Å². The molecule has 0 fully saturated rings.